The highest BCUT2D eigenvalue weighted by atomic mass is 35.5. The van der Waals surface area contributed by atoms with Crippen LogP contribution in [0.25, 0.3) is 6.08 Å². The first-order valence-electron chi connectivity index (χ1n) is 8.15. The number of aromatic hydroxyl groups is 1. The number of benzene rings is 2. The van der Waals surface area contributed by atoms with Gasteiger partial charge >= 0.3 is 0 Å². The molecule has 0 radical (unpaired) electrons. The monoisotopic (exact) mass is 436 g/mol. The molecule has 150 valence electrons. The average molecular weight is 437 g/mol. The number of hydrogen-bond acceptors (Lipinski definition) is 6. The lowest BCUT2D eigenvalue weighted by Gasteiger charge is -2.12. The largest absolute Gasteiger partial charge is 0.504 e. The molecule has 1 fully saturated rings. The number of hydrogen-bond donors (Lipinski definition) is 2. The molecule has 3 rings (SSSR count). The summed E-state index contributed by atoms with van der Waals surface area (Å²) in [7, 11) is 1.39. The van der Waals surface area contributed by atoms with Crippen molar-refractivity contribution in [2.75, 3.05) is 19.0 Å². The number of amides is 3. The van der Waals surface area contributed by atoms with Crippen LogP contribution in [0.15, 0.2) is 41.3 Å². The SMILES string of the molecule is COc1cc(C=C2SC(=O)N(CC(=O)Nc3ccc(F)c(Cl)c3)C2=O)ccc1O. The van der Waals surface area contributed by atoms with Crippen LogP contribution in [0.2, 0.25) is 5.02 Å². The van der Waals surface area contributed by atoms with E-state index in [4.69, 9.17) is 16.3 Å². The van der Waals surface area contributed by atoms with Crippen LogP contribution in [0.5, 0.6) is 11.5 Å². The first-order chi connectivity index (χ1) is 13.8. The third-order valence-electron chi connectivity index (χ3n) is 3.88. The first-order valence-corrected chi connectivity index (χ1v) is 9.35. The van der Waals surface area contributed by atoms with Gasteiger partial charge in [-0.25, -0.2) is 4.39 Å². The molecule has 7 nitrogen and oxygen atoms in total. The molecule has 0 aromatic heterocycles. The highest BCUT2D eigenvalue weighted by molar-refractivity contribution is 8.18. The number of rotatable bonds is 5. The quantitative estimate of drug-likeness (QED) is 0.691. The van der Waals surface area contributed by atoms with Gasteiger partial charge in [0, 0.05) is 5.69 Å². The van der Waals surface area contributed by atoms with Crippen molar-refractivity contribution in [2.24, 2.45) is 0 Å². The van der Waals surface area contributed by atoms with Crippen molar-refractivity contribution in [3.8, 4) is 11.5 Å². The van der Waals surface area contributed by atoms with Crippen molar-refractivity contribution in [3.05, 3.63) is 57.7 Å². The number of nitrogens with one attached hydrogen (secondary N) is 1. The molecule has 3 amide bonds. The lowest BCUT2D eigenvalue weighted by atomic mass is 10.2. The third kappa shape index (κ3) is 4.69. The molecule has 1 heterocycles. The summed E-state index contributed by atoms with van der Waals surface area (Å²) >= 11 is 6.35. The molecular weight excluding hydrogens is 423 g/mol. The summed E-state index contributed by atoms with van der Waals surface area (Å²) in [6.07, 6.45) is 1.46. The zero-order valence-corrected chi connectivity index (χ0v) is 16.5. The molecule has 0 aliphatic carbocycles. The Balaban J connectivity index is 1.71. The minimum atomic E-state index is -0.637. The summed E-state index contributed by atoms with van der Waals surface area (Å²) in [4.78, 5) is 37.8. The maximum absolute atomic E-state index is 13.2. The van der Waals surface area contributed by atoms with Crippen LogP contribution in [0.1, 0.15) is 5.56 Å². The van der Waals surface area contributed by atoms with Crippen LogP contribution >= 0.6 is 23.4 Å². The summed E-state index contributed by atoms with van der Waals surface area (Å²) < 4.78 is 18.2. The van der Waals surface area contributed by atoms with Gasteiger partial charge in [0.2, 0.25) is 5.91 Å². The zero-order chi connectivity index (χ0) is 21.1. The lowest BCUT2D eigenvalue weighted by molar-refractivity contribution is -0.127. The molecule has 0 bridgehead atoms. The number of ether oxygens (including phenoxy) is 1. The number of halogens is 2. The fourth-order valence-electron chi connectivity index (χ4n) is 2.49. The number of imide groups is 1. The van der Waals surface area contributed by atoms with Gasteiger partial charge in [0.25, 0.3) is 11.1 Å². The lowest BCUT2D eigenvalue weighted by Crippen LogP contribution is -2.36. The molecule has 2 aromatic carbocycles. The van der Waals surface area contributed by atoms with Crippen LogP contribution < -0.4 is 10.1 Å². The second-order valence-electron chi connectivity index (χ2n) is 5.88. The van der Waals surface area contributed by atoms with Gasteiger partial charge < -0.3 is 15.2 Å². The number of anilines is 1. The van der Waals surface area contributed by atoms with Crippen molar-refractivity contribution in [3.63, 3.8) is 0 Å². The highest BCUT2D eigenvalue weighted by Crippen LogP contribution is 2.34. The average Bonchev–Trinajstić information content (AvgIpc) is 2.93. The molecule has 0 spiro atoms. The summed E-state index contributed by atoms with van der Waals surface area (Å²) in [6, 6.07) is 8.08. The van der Waals surface area contributed by atoms with Gasteiger partial charge in [-0.2, -0.15) is 0 Å². The van der Waals surface area contributed by atoms with Gasteiger partial charge in [0.05, 0.1) is 17.0 Å². The minimum absolute atomic E-state index is 0.0599. The third-order valence-corrected chi connectivity index (χ3v) is 5.08. The summed E-state index contributed by atoms with van der Waals surface area (Å²) in [5.74, 6) is -1.74. The highest BCUT2D eigenvalue weighted by Gasteiger charge is 2.36. The Morgan fingerprint density at radius 3 is 2.76 bits per heavy atom. The Labute approximate surface area is 174 Å². The van der Waals surface area contributed by atoms with Gasteiger partial charge in [0.15, 0.2) is 11.5 Å². The number of methoxy groups -OCH3 is 1. The van der Waals surface area contributed by atoms with E-state index in [1.54, 1.807) is 6.07 Å². The second kappa shape index (κ2) is 8.54. The normalized spacial score (nSPS) is 15.1. The van der Waals surface area contributed by atoms with Crippen molar-refractivity contribution in [1.82, 2.24) is 4.90 Å². The zero-order valence-electron chi connectivity index (χ0n) is 14.9. The minimum Gasteiger partial charge on any atom is -0.504 e. The van der Waals surface area contributed by atoms with Crippen LogP contribution in [0.3, 0.4) is 0 Å². The topological polar surface area (TPSA) is 95.9 Å². The molecule has 1 aliphatic rings. The van der Waals surface area contributed by atoms with E-state index in [1.165, 1.54) is 37.5 Å². The maximum atomic E-state index is 13.2. The summed E-state index contributed by atoms with van der Waals surface area (Å²) in [6.45, 7) is -0.504. The number of phenols is 1. The van der Waals surface area contributed by atoms with E-state index >= 15 is 0 Å². The predicted octanol–water partition coefficient (Wildman–Crippen LogP) is 3.87. The van der Waals surface area contributed by atoms with E-state index in [2.05, 4.69) is 5.32 Å². The number of carbonyl (C=O) groups excluding carboxylic acids is 3. The number of thioether (sulfide) groups is 1. The standard InChI is InChI=1S/C19H14ClFN2O5S/c1-28-15-6-10(2-5-14(15)24)7-16-18(26)23(19(27)29-16)9-17(25)22-11-3-4-13(21)12(20)8-11/h2-8,24H,9H2,1H3,(H,22,25). The number of phenolic OH excluding ortho intramolecular Hbond substituents is 1. The van der Waals surface area contributed by atoms with Crippen LogP contribution in [-0.2, 0) is 9.59 Å². The van der Waals surface area contributed by atoms with E-state index in [9.17, 15) is 23.9 Å². The van der Waals surface area contributed by atoms with Gasteiger partial charge in [-0.3, -0.25) is 19.3 Å². The van der Waals surface area contributed by atoms with Crippen molar-refractivity contribution >= 4 is 52.2 Å². The number of nitrogens with zero attached hydrogens (tertiary/aromatic N) is 1. The van der Waals surface area contributed by atoms with Crippen molar-refractivity contribution in [2.45, 2.75) is 0 Å². The van der Waals surface area contributed by atoms with E-state index in [0.717, 1.165) is 11.0 Å². The van der Waals surface area contributed by atoms with Crippen molar-refractivity contribution in [1.29, 1.82) is 0 Å². The molecule has 1 saturated heterocycles. The van der Waals surface area contributed by atoms with Crippen LogP contribution in [0.4, 0.5) is 14.9 Å². The van der Waals surface area contributed by atoms with Gasteiger partial charge in [-0.1, -0.05) is 17.7 Å². The second-order valence-corrected chi connectivity index (χ2v) is 7.28. The molecule has 10 heteroatoms. The molecule has 0 saturated carbocycles. The van der Waals surface area contributed by atoms with Gasteiger partial charge in [-0.15, -0.1) is 0 Å². The van der Waals surface area contributed by atoms with Crippen LogP contribution in [0, 0.1) is 5.82 Å². The van der Waals surface area contributed by atoms with Crippen molar-refractivity contribution < 1.29 is 28.6 Å². The Bertz CT molecular complexity index is 1040. The molecule has 0 atom stereocenters. The van der Waals surface area contributed by atoms with E-state index in [1.807, 2.05) is 0 Å². The fraction of sp³-hybridized carbons (Fsp3) is 0.105. The van der Waals surface area contributed by atoms with E-state index in [0.29, 0.717) is 17.3 Å². The maximum Gasteiger partial charge on any atom is 0.294 e. The number of carbonyl (C=O) groups is 3. The Morgan fingerprint density at radius 2 is 2.07 bits per heavy atom. The predicted molar refractivity (Wildman–Crippen MR) is 107 cm³/mol. The smallest absolute Gasteiger partial charge is 0.294 e. The fourth-order valence-corrected chi connectivity index (χ4v) is 3.51. The Kier molecular flexibility index (Phi) is 6.09. The molecule has 1 aliphatic heterocycles. The molecular formula is C19H14ClFN2O5S. The summed E-state index contributed by atoms with van der Waals surface area (Å²) in [5, 5.41) is 11.3. The van der Waals surface area contributed by atoms with Gasteiger partial charge in [-0.05, 0) is 53.7 Å². The van der Waals surface area contributed by atoms with Crippen LogP contribution in [-0.4, -0.2) is 40.7 Å². The van der Waals surface area contributed by atoms with E-state index < -0.39 is 29.4 Å². The Morgan fingerprint density at radius 1 is 1.31 bits per heavy atom. The van der Waals surface area contributed by atoms with E-state index in [-0.39, 0.29) is 27.1 Å². The van der Waals surface area contributed by atoms with Gasteiger partial charge in [0.1, 0.15) is 12.4 Å². The molecule has 0 unspecified atom stereocenters. The first kappa shape index (κ1) is 20.7. The summed E-state index contributed by atoms with van der Waals surface area (Å²) in [5.41, 5.74) is 0.774. The molecule has 2 N–H and O–H groups in total. The Hall–Kier alpha value is -3.04. The molecule has 2 aromatic rings. The molecule has 29 heavy (non-hydrogen) atoms.